The van der Waals surface area contributed by atoms with E-state index >= 15 is 0 Å². The SMILES string of the molecule is COc1ccnc2[nH]cc(C3CCN(C(=O)OC(C)(C)C)CC3)c12. The third-order valence-electron chi connectivity index (χ3n) is 4.37. The number of amides is 1. The minimum Gasteiger partial charge on any atom is -0.496 e. The van der Waals surface area contributed by atoms with Crippen molar-refractivity contribution in [3.05, 3.63) is 24.0 Å². The predicted molar refractivity (Wildman–Crippen MR) is 92.4 cm³/mol. The minimum atomic E-state index is -0.455. The molecule has 1 saturated heterocycles. The number of aromatic nitrogens is 2. The summed E-state index contributed by atoms with van der Waals surface area (Å²) >= 11 is 0. The van der Waals surface area contributed by atoms with Crippen molar-refractivity contribution in [2.45, 2.75) is 45.1 Å². The minimum absolute atomic E-state index is 0.223. The normalized spacial score (nSPS) is 16.4. The summed E-state index contributed by atoms with van der Waals surface area (Å²) in [5.74, 6) is 1.22. The van der Waals surface area contributed by atoms with E-state index in [2.05, 4.69) is 9.97 Å². The molecule has 0 bridgehead atoms. The highest BCUT2D eigenvalue weighted by Crippen LogP contribution is 2.36. The number of piperidine rings is 1. The molecule has 1 aliphatic rings. The molecule has 0 saturated carbocycles. The van der Waals surface area contributed by atoms with Crippen LogP contribution in [0, 0.1) is 0 Å². The van der Waals surface area contributed by atoms with Gasteiger partial charge in [0.2, 0.25) is 0 Å². The van der Waals surface area contributed by atoms with Gasteiger partial charge in [-0.1, -0.05) is 0 Å². The highest BCUT2D eigenvalue weighted by Gasteiger charge is 2.29. The van der Waals surface area contributed by atoms with Gasteiger partial charge in [-0.25, -0.2) is 9.78 Å². The number of methoxy groups -OCH3 is 1. The van der Waals surface area contributed by atoms with Crippen molar-refractivity contribution in [2.24, 2.45) is 0 Å². The lowest BCUT2D eigenvalue weighted by molar-refractivity contribution is 0.0205. The molecule has 0 atom stereocenters. The molecule has 3 rings (SSSR count). The molecule has 130 valence electrons. The van der Waals surface area contributed by atoms with Gasteiger partial charge in [0.1, 0.15) is 17.0 Å². The van der Waals surface area contributed by atoms with Crippen molar-refractivity contribution < 1.29 is 14.3 Å². The van der Waals surface area contributed by atoms with E-state index in [0.717, 1.165) is 29.6 Å². The Balaban J connectivity index is 1.73. The Morgan fingerprint density at radius 1 is 1.33 bits per heavy atom. The Morgan fingerprint density at radius 3 is 2.67 bits per heavy atom. The van der Waals surface area contributed by atoms with Gasteiger partial charge < -0.3 is 19.4 Å². The second-order valence-electron chi connectivity index (χ2n) is 7.22. The van der Waals surface area contributed by atoms with Crippen LogP contribution in [0.2, 0.25) is 0 Å². The van der Waals surface area contributed by atoms with Gasteiger partial charge in [0.25, 0.3) is 0 Å². The number of rotatable bonds is 2. The molecule has 0 spiro atoms. The number of ether oxygens (including phenoxy) is 2. The Labute approximate surface area is 142 Å². The van der Waals surface area contributed by atoms with Crippen LogP contribution in [0.5, 0.6) is 5.75 Å². The smallest absolute Gasteiger partial charge is 0.410 e. The molecule has 1 aliphatic heterocycles. The van der Waals surface area contributed by atoms with Gasteiger partial charge in [-0.3, -0.25) is 0 Å². The Bertz CT molecular complexity index is 725. The maximum atomic E-state index is 12.2. The van der Waals surface area contributed by atoms with Crippen LogP contribution < -0.4 is 4.74 Å². The van der Waals surface area contributed by atoms with Crippen molar-refractivity contribution in [1.29, 1.82) is 0 Å². The number of hydrogen-bond acceptors (Lipinski definition) is 4. The van der Waals surface area contributed by atoms with Gasteiger partial charge in [0.15, 0.2) is 0 Å². The quantitative estimate of drug-likeness (QED) is 0.911. The first-order valence-corrected chi connectivity index (χ1v) is 8.37. The molecular formula is C18H25N3O3. The lowest BCUT2D eigenvalue weighted by Gasteiger charge is -2.33. The maximum absolute atomic E-state index is 12.2. The summed E-state index contributed by atoms with van der Waals surface area (Å²) in [7, 11) is 1.68. The molecule has 0 aliphatic carbocycles. The van der Waals surface area contributed by atoms with Crippen LogP contribution in [0.1, 0.15) is 45.1 Å². The van der Waals surface area contributed by atoms with Gasteiger partial charge in [0.05, 0.1) is 12.5 Å². The van der Waals surface area contributed by atoms with Gasteiger partial charge in [-0.2, -0.15) is 0 Å². The third kappa shape index (κ3) is 3.32. The zero-order valence-corrected chi connectivity index (χ0v) is 14.8. The number of H-pyrrole nitrogens is 1. The number of nitrogens with one attached hydrogen (secondary N) is 1. The fraction of sp³-hybridized carbons (Fsp3) is 0.556. The van der Waals surface area contributed by atoms with Crippen LogP contribution in [0.25, 0.3) is 11.0 Å². The van der Waals surface area contributed by atoms with Crippen molar-refractivity contribution >= 4 is 17.1 Å². The standard InChI is InChI=1S/C18H25N3O3/c1-18(2,3)24-17(22)21-9-6-12(7-10-21)13-11-20-16-15(13)14(23-4)5-8-19-16/h5,8,11-12H,6-7,9-10H2,1-4H3,(H,19,20). The van der Waals surface area contributed by atoms with E-state index < -0.39 is 5.60 Å². The number of carbonyl (C=O) groups is 1. The first kappa shape index (κ1) is 16.6. The molecule has 0 unspecified atom stereocenters. The molecule has 6 nitrogen and oxygen atoms in total. The molecule has 0 aromatic carbocycles. The summed E-state index contributed by atoms with van der Waals surface area (Å²) in [6.07, 6.45) is 5.36. The van der Waals surface area contributed by atoms with E-state index in [1.54, 1.807) is 18.2 Å². The fourth-order valence-electron chi connectivity index (χ4n) is 3.24. The maximum Gasteiger partial charge on any atom is 0.410 e. The van der Waals surface area contributed by atoms with E-state index in [0.29, 0.717) is 19.0 Å². The summed E-state index contributed by atoms with van der Waals surface area (Å²) in [6.45, 7) is 7.08. The molecule has 24 heavy (non-hydrogen) atoms. The number of nitrogens with zero attached hydrogens (tertiary/aromatic N) is 2. The van der Waals surface area contributed by atoms with E-state index in [4.69, 9.17) is 9.47 Å². The van der Waals surface area contributed by atoms with Crippen molar-refractivity contribution in [2.75, 3.05) is 20.2 Å². The van der Waals surface area contributed by atoms with Crippen LogP contribution in [-0.4, -0.2) is 46.8 Å². The number of fused-ring (bicyclic) bond motifs is 1. The average Bonchev–Trinajstić information content (AvgIpc) is 2.97. The van der Waals surface area contributed by atoms with E-state index in [1.807, 2.05) is 33.0 Å². The number of hydrogen-bond donors (Lipinski definition) is 1. The second kappa shape index (κ2) is 6.34. The van der Waals surface area contributed by atoms with Crippen LogP contribution in [0.4, 0.5) is 4.79 Å². The number of likely N-dealkylation sites (tertiary alicyclic amines) is 1. The van der Waals surface area contributed by atoms with Crippen LogP contribution >= 0.6 is 0 Å². The number of pyridine rings is 1. The van der Waals surface area contributed by atoms with Gasteiger partial charge in [-0.05, 0) is 51.2 Å². The van der Waals surface area contributed by atoms with Crippen molar-refractivity contribution in [3.8, 4) is 5.75 Å². The van der Waals surface area contributed by atoms with Crippen LogP contribution in [-0.2, 0) is 4.74 Å². The first-order chi connectivity index (χ1) is 11.4. The van der Waals surface area contributed by atoms with Crippen LogP contribution in [0.3, 0.4) is 0 Å². The highest BCUT2D eigenvalue weighted by atomic mass is 16.6. The summed E-state index contributed by atoms with van der Waals surface area (Å²) in [5, 5.41) is 1.05. The monoisotopic (exact) mass is 331 g/mol. The Kier molecular flexibility index (Phi) is 4.39. The number of aromatic amines is 1. The third-order valence-corrected chi connectivity index (χ3v) is 4.37. The second-order valence-corrected chi connectivity index (χ2v) is 7.22. The summed E-state index contributed by atoms with van der Waals surface area (Å²) < 4.78 is 10.9. The van der Waals surface area contributed by atoms with Crippen LogP contribution in [0.15, 0.2) is 18.5 Å². The zero-order valence-electron chi connectivity index (χ0n) is 14.8. The zero-order chi connectivity index (χ0) is 17.3. The lowest BCUT2D eigenvalue weighted by Crippen LogP contribution is -2.41. The van der Waals surface area contributed by atoms with E-state index in [1.165, 1.54) is 5.56 Å². The molecule has 1 amide bonds. The lowest BCUT2D eigenvalue weighted by atomic mass is 9.89. The summed E-state index contributed by atoms with van der Waals surface area (Å²) in [6, 6.07) is 1.88. The molecular weight excluding hydrogens is 306 g/mol. The largest absolute Gasteiger partial charge is 0.496 e. The van der Waals surface area contributed by atoms with Gasteiger partial charge in [-0.15, -0.1) is 0 Å². The Hall–Kier alpha value is -2.24. The summed E-state index contributed by atoms with van der Waals surface area (Å²) in [4.78, 5) is 21.6. The summed E-state index contributed by atoms with van der Waals surface area (Å²) in [5.41, 5.74) is 1.61. The molecule has 3 heterocycles. The molecule has 1 N–H and O–H groups in total. The molecule has 6 heteroatoms. The Morgan fingerprint density at radius 2 is 2.04 bits per heavy atom. The number of carbonyl (C=O) groups excluding carboxylic acids is 1. The molecule has 1 fully saturated rings. The fourth-order valence-corrected chi connectivity index (χ4v) is 3.24. The predicted octanol–water partition coefficient (Wildman–Crippen LogP) is 3.69. The van der Waals surface area contributed by atoms with Crippen molar-refractivity contribution in [3.63, 3.8) is 0 Å². The van der Waals surface area contributed by atoms with Gasteiger partial charge >= 0.3 is 6.09 Å². The highest BCUT2D eigenvalue weighted by molar-refractivity contribution is 5.86. The molecule has 2 aromatic rings. The van der Waals surface area contributed by atoms with Gasteiger partial charge in [0, 0.05) is 25.5 Å². The van der Waals surface area contributed by atoms with Crippen molar-refractivity contribution in [1.82, 2.24) is 14.9 Å². The molecule has 2 aromatic heterocycles. The first-order valence-electron chi connectivity index (χ1n) is 8.37. The molecule has 0 radical (unpaired) electrons. The van der Waals surface area contributed by atoms with E-state index in [-0.39, 0.29) is 6.09 Å². The average molecular weight is 331 g/mol. The van der Waals surface area contributed by atoms with E-state index in [9.17, 15) is 4.79 Å². The topological polar surface area (TPSA) is 67.5 Å².